The predicted octanol–water partition coefficient (Wildman–Crippen LogP) is -0.0622. The SMILES string of the molecule is CCCC(O)CNC(=O)CCCN1C(=O)CN(C)C1=O. The van der Waals surface area contributed by atoms with Crippen LogP contribution in [0.1, 0.15) is 32.6 Å². The number of urea groups is 1. The molecule has 114 valence electrons. The molecule has 4 amide bonds. The minimum atomic E-state index is -0.515. The third-order valence-electron chi connectivity index (χ3n) is 3.17. The highest BCUT2D eigenvalue weighted by Gasteiger charge is 2.32. The molecule has 0 bridgehead atoms. The van der Waals surface area contributed by atoms with Crippen molar-refractivity contribution in [3.8, 4) is 0 Å². The number of imide groups is 1. The highest BCUT2D eigenvalue weighted by Crippen LogP contribution is 2.09. The summed E-state index contributed by atoms with van der Waals surface area (Å²) < 4.78 is 0. The summed E-state index contributed by atoms with van der Waals surface area (Å²) in [5.41, 5.74) is 0. The van der Waals surface area contributed by atoms with Gasteiger partial charge in [0.25, 0.3) is 0 Å². The van der Waals surface area contributed by atoms with Crippen molar-refractivity contribution >= 4 is 17.8 Å². The third kappa shape index (κ3) is 4.80. The molecule has 20 heavy (non-hydrogen) atoms. The van der Waals surface area contributed by atoms with Crippen molar-refractivity contribution in [3.63, 3.8) is 0 Å². The maximum Gasteiger partial charge on any atom is 0.326 e. The number of carbonyl (C=O) groups is 3. The number of hydrogen-bond acceptors (Lipinski definition) is 4. The first-order chi connectivity index (χ1) is 9.45. The lowest BCUT2D eigenvalue weighted by Gasteiger charge is -2.14. The number of carbonyl (C=O) groups excluding carboxylic acids is 3. The van der Waals surface area contributed by atoms with Gasteiger partial charge >= 0.3 is 6.03 Å². The summed E-state index contributed by atoms with van der Waals surface area (Å²) in [5.74, 6) is -0.399. The van der Waals surface area contributed by atoms with E-state index in [2.05, 4.69) is 5.32 Å². The topological polar surface area (TPSA) is 89.9 Å². The van der Waals surface area contributed by atoms with Gasteiger partial charge in [0, 0.05) is 26.6 Å². The standard InChI is InChI=1S/C13H23N3O4/c1-3-5-10(17)8-14-11(18)6-4-7-16-12(19)9-15(2)13(16)20/h10,17H,3-9H2,1-2H3,(H,14,18). The van der Waals surface area contributed by atoms with E-state index in [1.54, 1.807) is 7.05 Å². The van der Waals surface area contributed by atoms with Gasteiger partial charge in [0.1, 0.15) is 6.54 Å². The number of hydrogen-bond donors (Lipinski definition) is 2. The second-order valence-corrected chi connectivity index (χ2v) is 5.03. The van der Waals surface area contributed by atoms with Crippen LogP contribution in [0, 0.1) is 0 Å². The second kappa shape index (κ2) is 7.84. The number of likely N-dealkylation sites (N-methyl/N-ethyl adjacent to an activating group) is 1. The summed E-state index contributed by atoms with van der Waals surface area (Å²) in [5, 5.41) is 12.1. The van der Waals surface area contributed by atoms with Gasteiger partial charge in [0.2, 0.25) is 11.8 Å². The van der Waals surface area contributed by atoms with Crippen molar-refractivity contribution in [1.82, 2.24) is 15.1 Å². The number of amides is 4. The molecule has 1 aliphatic rings. The normalized spacial score (nSPS) is 16.8. The van der Waals surface area contributed by atoms with Crippen LogP contribution in [0.4, 0.5) is 4.79 Å². The lowest BCUT2D eigenvalue weighted by Crippen LogP contribution is -2.34. The van der Waals surface area contributed by atoms with Crippen LogP contribution in [-0.4, -0.2) is 65.5 Å². The highest BCUT2D eigenvalue weighted by molar-refractivity contribution is 6.01. The Morgan fingerprint density at radius 3 is 2.70 bits per heavy atom. The molecule has 1 aliphatic heterocycles. The molecule has 1 saturated heterocycles. The molecular formula is C13H23N3O4. The molecule has 1 heterocycles. The number of rotatable bonds is 8. The fraction of sp³-hybridized carbons (Fsp3) is 0.769. The minimum Gasteiger partial charge on any atom is -0.391 e. The van der Waals surface area contributed by atoms with E-state index in [9.17, 15) is 19.5 Å². The van der Waals surface area contributed by atoms with Gasteiger partial charge in [-0.05, 0) is 12.8 Å². The summed E-state index contributed by atoms with van der Waals surface area (Å²) in [7, 11) is 1.57. The summed E-state index contributed by atoms with van der Waals surface area (Å²) in [6.07, 6.45) is 1.67. The zero-order chi connectivity index (χ0) is 15.1. The zero-order valence-corrected chi connectivity index (χ0v) is 12.1. The first-order valence-corrected chi connectivity index (χ1v) is 6.96. The van der Waals surface area contributed by atoms with E-state index in [1.807, 2.05) is 6.92 Å². The van der Waals surface area contributed by atoms with E-state index in [-0.39, 0.29) is 43.9 Å². The van der Waals surface area contributed by atoms with Crippen molar-refractivity contribution in [2.45, 2.75) is 38.7 Å². The van der Waals surface area contributed by atoms with Crippen LogP contribution in [0.2, 0.25) is 0 Å². The first-order valence-electron chi connectivity index (χ1n) is 6.96. The van der Waals surface area contributed by atoms with Crippen LogP contribution >= 0.6 is 0 Å². The van der Waals surface area contributed by atoms with Gasteiger partial charge in [-0.25, -0.2) is 4.79 Å². The quantitative estimate of drug-likeness (QED) is 0.611. The monoisotopic (exact) mass is 285 g/mol. The Morgan fingerprint density at radius 1 is 1.45 bits per heavy atom. The van der Waals surface area contributed by atoms with E-state index in [0.29, 0.717) is 12.8 Å². The number of nitrogens with zero attached hydrogens (tertiary/aromatic N) is 2. The highest BCUT2D eigenvalue weighted by atomic mass is 16.3. The Labute approximate surface area is 118 Å². The Bertz CT molecular complexity index is 373. The molecule has 0 saturated carbocycles. The molecule has 1 rings (SSSR count). The van der Waals surface area contributed by atoms with Crippen molar-refractivity contribution in [1.29, 1.82) is 0 Å². The van der Waals surface area contributed by atoms with Crippen LogP contribution < -0.4 is 5.32 Å². The molecule has 7 nitrogen and oxygen atoms in total. The van der Waals surface area contributed by atoms with Gasteiger partial charge < -0.3 is 15.3 Å². The van der Waals surface area contributed by atoms with Crippen molar-refractivity contribution in [2.24, 2.45) is 0 Å². The van der Waals surface area contributed by atoms with E-state index >= 15 is 0 Å². The van der Waals surface area contributed by atoms with E-state index < -0.39 is 6.10 Å². The molecule has 0 aliphatic carbocycles. The molecule has 7 heteroatoms. The second-order valence-electron chi connectivity index (χ2n) is 5.03. The van der Waals surface area contributed by atoms with Crippen molar-refractivity contribution < 1.29 is 19.5 Å². The van der Waals surface area contributed by atoms with Crippen molar-refractivity contribution in [3.05, 3.63) is 0 Å². The molecule has 1 atom stereocenters. The fourth-order valence-electron chi connectivity index (χ4n) is 2.04. The average Bonchev–Trinajstić information content (AvgIpc) is 2.63. The lowest BCUT2D eigenvalue weighted by molar-refractivity contribution is -0.126. The van der Waals surface area contributed by atoms with Crippen LogP contribution in [0.5, 0.6) is 0 Å². The molecule has 1 fully saturated rings. The van der Waals surface area contributed by atoms with Crippen LogP contribution in [0.25, 0.3) is 0 Å². The number of aliphatic hydroxyl groups excluding tert-OH is 1. The van der Waals surface area contributed by atoms with Gasteiger partial charge in [0.05, 0.1) is 6.10 Å². The molecule has 0 radical (unpaired) electrons. The lowest BCUT2D eigenvalue weighted by atomic mass is 10.2. The maximum absolute atomic E-state index is 11.6. The molecule has 0 spiro atoms. The van der Waals surface area contributed by atoms with Crippen LogP contribution in [0.15, 0.2) is 0 Å². The molecule has 0 aromatic carbocycles. The summed E-state index contributed by atoms with van der Waals surface area (Å²) in [6.45, 7) is 2.57. The summed E-state index contributed by atoms with van der Waals surface area (Å²) >= 11 is 0. The molecule has 2 N–H and O–H groups in total. The van der Waals surface area contributed by atoms with Gasteiger partial charge in [-0.15, -0.1) is 0 Å². The summed E-state index contributed by atoms with van der Waals surface area (Å²) in [4.78, 5) is 37.1. The number of nitrogens with one attached hydrogen (secondary N) is 1. The Morgan fingerprint density at radius 2 is 2.15 bits per heavy atom. The van der Waals surface area contributed by atoms with Gasteiger partial charge in [-0.1, -0.05) is 13.3 Å². The fourth-order valence-corrected chi connectivity index (χ4v) is 2.04. The average molecular weight is 285 g/mol. The predicted molar refractivity (Wildman–Crippen MR) is 72.9 cm³/mol. The Hall–Kier alpha value is -1.63. The van der Waals surface area contributed by atoms with Crippen molar-refractivity contribution in [2.75, 3.05) is 26.7 Å². The molecule has 1 unspecified atom stereocenters. The number of aliphatic hydroxyl groups is 1. The van der Waals surface area contributed by atoms with E-state index in [0.717, 1.165) is 6.42 Å². The summed E-state index contributed by atoms with van der Waals surface area (Å²) in [6, 6.07) is -0.311. The minimum absolute atomic E-state index is 0.105. The molecule has 0 aromatic rings. The largest absolute Gasteiger partial charge is 0.391 e. The van der Waals surface area contributed by atoms with Gasteiger partial charge in [0.15, 0.2) is 0 Å². The van der Waals surface area contributed by atoms with Crippen LogP contribution in [0.3, 0.4) is 0 Å². The van der Waals surface area contributed by atoms with E-state index in [1.165, 1.54) is 9.80 Å². The van der Waals surface area contributed by atoms with E-state index in [4.69, 9.17) is 0 Å². The van der Waals surface area contributed by atoms with Crippen LogP contribution in [-0.2, 0) is 9.59 Å². The maximum atomic E-state index is 11.6. The molecular weight excluding hydrogens is 262 g/mol. The molecule has 0 aromatic heterocycles. The Balaban J connectivity index is 2.19. The smallest absolute Gasteiger partial charge is 0.326 e. The zero-order valence-electron chi connectivity index (χ0n) is 12.1. The van der Waals surface area contributed by atoms with Gasteiger partial charge in [-0.2, -0.15) is 0 Å². The Kier molecular flexibility index (Phi) is 6.44. The van der Waals surface area contributed by atoms with Gasteiger partial charge in [-0.3, -0.25) is 14.5 Å². The first kappa shape index (κ1) is 16.4. The third-order valence-corrected chi connectivity index (χ3v) is 3.17.